The highest BCUT2D eigenvalue weighted by Crippen LogP contribution is 2.31. The first-order valence-electron chi connectivity index (χ1n) is 6.78. The lowest BCUT2D eigenvalue weighted by Crippen LogP contribution is -2.14. The van der Waals surface area contributed by atoms with E-state index in [1.807, 2.05) is 25.1 Å². The van der Waals surface area contributed by atoms with E-state index in [0.717, 1.165) is 12.0 Å². The first kappa shape index (κ1) is 15.5. The van der Waals surface area contributed by atoms with E-state index in [-0.39, 0.29) is 17.0 Å². The molecular weight excluding hydrogens is 284 g/mol. The van der Waals surface area contributed by atoms with E-state index in [2.05, 4.69) is 5.32 Å². The van der Waals surface area contributed by atoms with Gasteiger partial charge in [0.05, 0.1) is 12.0 Å². The van der Waals surface area contributed by atoms with Gasteiger partial charge < -0.3 is 10.1 Å². The molecule has 0 atom stereocenters. The highest BCUT2D eigenvalue weighted by molar-refractivity contribution is 6.07. The van der Waals surface area contributed by atoms with Crippen molar-refractivity contribution in [2.75, 3.05) is 12.4 Å². The molecule has 0 aliphatic carbocycles. The molecule has 0 spiro atoms. The van der Waals surface area contributed by atoms with Gasteiger partial charge in [-0.25, -0.2) is 0 Å². The maximum atomic E-state index is 12.3. The third-order valence-electron chi connectivity index (χ3n) is 3.24. The lowest BCUT2D eigenvalue weighted by molar-refractivity contribution is -0.386. The van der Waals surface area contributed by atoms with Crippen LogP contribution in [-0.2, 0) is 6.42 Å². The Hall–Kier alpha value is -2.89. The second-order valence-electron chi connectivity index (χ2n) is 4.62. The van der Waals surface area contributed by atoms with Gasteiger partial charge in [-0.05, 0) is 36.2 Å². The Labute approximate surface area is 127 Å². The number of carbonyl (C=O) groups is 1. The maximum Gasteiger partial charge on any atom is 0.323 e. The quantitative estimate of drug-likeness (QED) is 0.677. The molecule has 0 fully saturated rings. The summed E-state index contributed by atoms with van der Waals surface area (Å²) >= 11 is 0. The van der Waals surface area contributed by atoms with Crippen molar-refractivity contribution in [2.45, 2.75) is 13.3 Å². The summed E-state index contributed by atoms with van der Waals surface area (Å²) in [5, 5.41) is 13.9. The van der Waals surface area contributed by atoms with Crippen LogP contribution in [0.1, 0.15) is 22.8 Å². The normalized spacial score (nSPS) is 10.1. The minimum atomic E-state index is -0.615. The molecule has 0 aliphatic heterocycles. The van der Waals surface area contributed by atoms with Gasteiger partial charge >= 0.3 is 5.69 Å². The number of amides is 1. The molecule has 0 bridgehead atoms. The van der Waals surface area contributed by atoms with Gasteiger partial charge in [0.1, 0.15) is 5.56 Å². The molecule has 0 heterocycles. The van der Waals surface area contributed by atoms with Gasteiger partial charge in [0.15, 0.2) is 5.75 Å². The molecule has 6 nitrogen and oxygen atoms in total. The summed E-state index contributed by atoms with van der Waals surface area (Å²) in [5.41, 5.74) is 1.29. The van der Waals surface area contributed by atoms with Gasteiger partial charge in [-0.2, -0.15) is 0 Å². The first-order valence-corrected chi connectivity index (χ1v) is 6.78. The number of carbonyl (C=O) groups excluding carboxylic acids is 1. The minimum Gasteiger partial charge on any atom is -0.490 e. The number of nitrogens with zero attached hydrogens (tertiary/aromatic N) is 1. The van der Waals surface area contributed by atoms with E-state index in [1.54, 1.807) is 12.1 Å². The van der Waals surface area contributed by atoms with Crippen LogP contribution in [0.5, 0.6) is 5.75 Å². The number of hydrogen-bond acceptors (Lipinski definition) is 4. The predicted octanol–water partition coefficient (Wildman–Crippen LogP) is 3.42. The number of nitro benzene ring substituents is 1. The summed E-state index contributed by atoms with van der Waals surface area (Å²) in [6.45, 7) is 2.01. The van der Waals surface area contributed by atoms with E-state index in [9.17, 15) is 14.9 Å². The van der Waals surface area contributed by atoms with Gasteiger partial charge in [-0.1, -0.05) is 25.1 Å². The van der Waals surface area contributed by atoms with Crippen LogP contribution in [-0.4, -0.2) is 17.9 Å². The molecule has 22 heavy (non-hydrogen) atoms. The molecule has 0 aliphatic rings. The van der Waals surface area contributed by atoms with E-state index < -0.39 is 10.8 Å². The van der Waals surface area contributed by atoms with Crippen LogP contribution >= 0.6 is 0 Å². The summed E-state index contributed by atoms with van der Waals surface area (Å²) in [5.74, 6) is -0.487. The van der Waals surface area contributed by atoms with Crippen LogP contribution in [0.4, 0.5) is 11.4 Å². The summed E-state index contributed by atoms with van der Waals surface area (Å²) in [7, 11) is 1.33. The van der Waals surface area contributed by atoms with Gasteiger partial charge in [0, 0.05) is 5.69 Å². The molecule has 1 amide bonds. The van der Waals surface area contributed by atoms with Crippen LogP contribution in [0.2, 0.25) is 0 Å². The molecule has 6 heteroatoms. The van der Waals surface area contributed by atoms with E-state index in [1.165, 1.54) is 19.2 Å². The third kappa shape index (κ3) is 3.22. The Balaban J connectivity index is 2.35. The van der Waals surface area contributed by atoms with Crippen LogP contribution in [0.25, 0.3) is 0 Å². The molecule has 0 radical (unpaired) electrons. The van der Waals surface area contributed by atoms with E-state index in [4.69, 9.17) is 4.74 Å². The second kappa shape index (κ2) is 6.71. The lowest BCUT2D eigenvalue weighted by Gasteiger charge is -2.09. The average Bonchev–Trinajstić information content (AvgIpc) is 2.54. The Kier molecular flexibility index (Phi) is 4.73. The molecule has 0 saturated carbocycles. The number of nitro groups is 1. The summed E-state index contributed by atoms with van der Waals surface area (Å²) in [4.78, 5) is 22.9. The molecule has 2 aromatic carbocycles. The molecule has 114 valence electrons. The Morgan fingerprint density at radius 3 is 2.64 bits per heavy atom. The molecule has 0 unspecified atom stereocenters. The van der Waals surface area contributed by atoms with E-state index in [0.29, 0.717) is 5.69 Å². The zero-order valence-electron chi connectivity index (χ0n) is 12.3. The Morgan fingerprint density at radius 1 is 1.27 bits per heavy atom. The van der Waals surface area contributed by atoms with Crippen molar-refractivity contribution < 1.29 is 14.5 Å². The highest BCUT2D eigenvalue weighted by Gasteiger charge is 2.25. The lowest BCUT2D eigenvalue weighted by atomic mass is 10.1. The number of methoxy groups -OCH3 is 1. The van der Waals surface area contributed by atoms with Crippen molar-refractivity contribution in [3.8, 4) is 5.75 Å². The van der Waals surface area contributed by atoms with Crippen molar-refractivity contribution in [2.24, 2.45) is 0 Å². The summed E-state index contributed by atoms with van der Waals surface area (Å²) in [6.07, 6.45) is 0.836. The first-order chi connectivity index (χ1) is 10.6. The highest BCUT2D eigenvalue weighted by atomic mass is 16.6. The van der Waals surface area contributed by atoms with Crippen molar-refractivity contribution >= 4 is 17.3 Å². The van der Waals surface area contributed by atoms with Crippen LogP contribution < -0.4 is 10.1 Å². The Bertz CT molecular complexity index is 713. The number of hydrogen-bond donors (Lipinski definition) is 1. The van der Waals surface area contributed by atoms with Gasteiger partial charge in [0.25, 0.3) is 5.91 Å². The van der Waals surface area contributed by atoms with Gasteiger partial charge in [0.2, 0.25) is 0 Å². The standard InChI is InChI=1S/C16H16N2O4/c1-3-11-6-4-7-12(10-11)17-16(19)13-8-5-9-14(22-2)15(13)18(20)21/h4-10H,3H2,1-2H3,(H,17,19). The van der Waals surface area contributed by atoms with Crippen molar-refractivity contribution in [1.29, 1.82) is 0 Å². The molecule has 2 rings (SSSR count). The van der Waals surface area contributed by atoms with Crippen molar-refractivity contribution in [3.05, 3.63) is 63.7 Å². The fraction of sp³-hybridized carbons (Fsp3) is 0.188. The van der Waals surface area contributed by atoms with Crippen LogP contribution in [0.3, 0.4) is 0 Å². The molecule has 1 N–H and O–H groups in total. The number of benzene rings is 2. The number of nitrogens with one attached hydrogen (secondary N) is 1. The van der Waals surface area contributed by atoms with E-state index >= 15 is 0 Å². The largest absolute Gasteiger partial charge is 0.490 e. The number of para-hydroxylation sites is 1. The molecule has 2 aromatic rings. The van der Waals surface area contributed by atoms with Gasteiger partial charge in [-0.3, -0.25) is 14.9 Å². The number of ether oxygens (including phenoxy) is 1. The second-order valence-corrected chi connectivity index (χ2v) is 4.62. The zero-order valence-corrected chi connectivity index (χ0v) is 12.3. The summed E-state index contributed by atoms with van der Waals surface area (Å²) < 4.78 is 4.96. The molecular formula is C16H16N2O4. The fourth-order valence-corrected chi connectivity index (χ4v) is 2.13. The molecule has 0 saturated heterocycles. The van der Waals surface area contributed by atoms with Crippen LogP contribution in [0, 0.1) is 10.1 Å². The van der Waals surface area contributed by atoms with Crippen molar-refractivity contribution in [3.63, 3.8) is 0 Å². The van der Waals surface area contributed by atoms with Gasteiger partial charge in [-0.15, -0.1) is 0 Å². The SMILES string of the molecule is CCc1cccc(NC(=O)c2cccc(OC)c2[N+](=O)[O-])c1. The summed E-state index contributed by atoms with van der Waals surface area (Å²) in [6, 6.07) is 11.8. The number of anilines is 1. The smallest absolute Gasteiger partial charge is 0.323 e. The molecule has 0 aromatic heterocycles. The predicted molar refractivity (Wildman–Crippen MR) is 83.4 cm³/mol. The van der Waals surface area contributed by atoms with Crippen LogP contribution in [0.15, 0.2) is 42.5 Å². The number of aryl methyl sites for hydroxylation is 1. The topological polar surface area (TPSA) is 81.5 Å². The minimum absolute atomic E-state index is 0.0359. The third-order valence-corrected chi connectivity index (χ3v) is 3.24. The number of rotatable bonds is 5. The monoisotopic (exact) mass is 300 g/mol. The van der Waals surface area contributed by atoms with Crippen molar-refractivity contribution in [1.82, 2.24) is 0 Å². The Morgan fingerprint density at radius 2 is 2.00 bits per heavy atom. The zero-order chi connectivity index (χ0) is 16.1. The average molecular weight is 300 g/mol. The maximum absolute atomic E-state index is 12.3. The fourth-order valence-electron chi connectivity index (χ4n) is 2.13.